The summed E-state index contributed by atoms with van der Waals surface area (Å²) in [6.07, 6.45) is 3.25. The maximum absolute atomic E-state index is 12.2. The summed E-state index contributed by atoms with van der Waals surface area (Å²) in [5.41, 5.74) is 1.69. The maximum atomic E-state index is 12.2. The first-order valence-electron chi connectivity index (χ1n) is 7.01. The standard InChI is InChI=1S/C18H17Cl2NO2/c1-21(12-14-7-9-15(19)11-16(14)20)18(22)10-8-13-5-3-4-6-17(13)23-2/h3-11H,12H2,1-2H3/b10-8+. The van der Waals surface area contributed by atoms with E-state index in [-0.39, 0.29) is 5.91 Å². The Labute approximate surface area is 146 Å². The van der Waals surface area contributed by atoms with Crippen molar-refractivity contribution in [2.75, 3.05) is 14.2 Å². The number of nitrogens with zero attached hydrogens (tertiary/aromatic N) is 1. The van der Waals surface area contributed by atoms with Crippen molar-refractivity contribution in [2.45, 2.75) is 6.54 Å². The van der Waals surface area contributed by atoms with Gasteiger partial charge < -0.3 is 9.64 Å². The zero-order chi connectivity index (χ0) is 16.8. The summed E-state index contributed by atoms with van der Waals surface area (Å²) in [6.45, 7) is 0.408. The zero-order valence-corrected chi connectivity index (χ0v) is 14.4. The van der Waals surface area contributed by atoms with E-state index in [1.807, 2.05) is 30.3 Å². The van der Waals surface area contributed by atoms with Gasteiger partial charge in [-0.3, -0.25) is 4.79 Å². The average molecular weight is 350 g/mol. The zero-order valence-electron chi connectivity index (χ0n) is 12.9. The first kappa shape index (κ1) is 17.4. The second kappa shape index (κ2) is 8.04. The molecule has 3 nitrogen and oxygen atoms in total. The second-order valence-electron chi connectivity index (χ2n) is 5.01. The highest BCUT2D eigenvalue weighted by Gasteiger charge is 2.09. The lowest BCUT2D eigenvalue weighted by Crippen LogP contribution is -2.24. The fourth-order valence-corrected chi connectivity index (χ4v) is 2.54. The molecule has 0 spiro atoms. The lowest BCUT2D eigenvalue weighted by Gasteiger charge is -2.16. The second-order valence-corrected chi connectivity index (χ2v) is 5.85. The smallest absolute Gasteiger partial charge is 0.246 e. The molecule has 2 rings (SSSR count). The van der Waals surface area contributed by atoms with Crippen molar-refractivity contribution in [3.05, 3.63) is 69.7 Å². The van der Waals surface area contributed by atoms with Gasteiger partial charge in [0.2, 0.25) is 5.91 Å². The third kappa shape index (κ3) is 4.75. The Kier molecular flexibility index (Phi) is 6.08. The number of likely N-dealkylation sites (N-methyl/N-ethyl adjacent to an activating group) is 1. The molecule has 0 atom stereocenters. The Morgan fingerprint density at radius 2 is 1.96 bits per heavy atom. The quantitative estimate of drug-likeness (QED) is 0.733. The SMILES string of the molecule is COc1ccccc1/C=C/C(=O)N(C)Cc1ccc(Cl)cc1Cl. The van der Waals surface area contributed by atoms with Gasteiger partial charge in [0.05, 0.1) is 7.11 Å². The largest absolute Gasteiger partial charge is 0.496 e. The molecule has 0 aromatic heterocycles. The van der Waals surface area contributed by atoms with Crippen LogP contribution in [0.3, 0.4) is 0 Å². The van der Waals surface area contributed by atoms with Crippen LogP contribution >= 0.6 is 23.2 Å². The minimum Gasteiger partial charge on any atom is -0.496 e. The first-order chi connectivity index (χ1) is 11.0. The molecule has 120 valence electrons. The molecule has 0 bridgehead atoms. The number of rotatable bonds is 5. The van der Waals surface area contributed by atoms with Gasteiger partial charge in [-0.15, -0.1) is 0 Å². The molecule has 0 aliphatic heterocycles. The molecule has 5 heteroatoms. The van der Waals surface area contributed by atoms with Crippen LogP contribution in [0.4, 0.5) is 0 Å². The Hall–Kier alpha value is -1.97. The van der Waals surface area contributed by atoms with Crippen LogP contribution < -0.4 is 4.74 Å². The highest BCUT2D eigenvalue weighted by Crippen LogP contribution is 2.22. The Morgan fingerprint density at radius 3 is 2.65 bits per heavy atom. The summed E-state index contributed by atoms with van der Waals surface area (Å²) >= 11 is 12.0. The number of para-hydroxylation sites is 1. The van der Waals surface area contributed by atoms with Crippen molar-refractivity contribution in [3.8, 4) is 5.75 Å². The van der Waals surface area contributed by atoms with E-state index in [4.69, 9.17) is 27.9 Å². The van der Waals surface area contributed by atoms with E-state index in [9.17, 15) is 4.79 Å². The van der Waals surface area contributed by atoms with E-state index in [0.717, 1.165) is 16.9 Å². The molecule has 23 heavy (non-hydrogen) atoms. The number of halogens is 2. The van der Waals surface area contributed by atoms with Gasteiger partial charge in [-0.1, -0.05) is 47.5 Å². The molecular weight excluding hydrogens is 333 g/mol. The van der Waals surface area contributed by atoms with E-state index < -0.39 is 0 Å². The summed E-state index contributed by atoms with van der Waals surface area (Å²) < 4.78 is 5.25. The molecule has 0 N–H and O–H groups in total. The molecule has 2 aromatic carbocycles. The molecule has 0 aliphatic rings. The van der Waals surface area contributed by atoms with Crippen LogP contribution in [0.2, 0.25) is 10.0 Å². The fourth-order valence-electron chi connectivity index (χ4n) is 2.08. The molecule has 0 unspecified atom stereocenters. The van der Waals surface area contributed by atoms with Crippen molar-refractivity contribution in [2.24, 2.45) is 0 Å². The number of amides is 1. The predicted molar refractivity (Wildman–Crippen MR) is 95.0 cm³/mol. The van der Waals surface area contributed by atoms with Gasteiger partial charge >= 0.3 is 0 Å². The van der Waals surface area contributed by atoms with Crippen LogP contribution in [0.1, 0.15) is 11.1 Å². The summed E-state index contributed by atoms with van der Waals surface area (Å²) in [7, 11) is 3.32. The molecule has 0 saturated carbocycles. The summed E-state index contributed by atoms with van der Waals surface area (Å²) in [4.78, 5) is 13.8. The van der Waals surface area contributed by atoms with E-state index in [1.54, 1.807) is 37.3 Å². The minimum absolute atomic E-state index is 0.123. The normalized spacial score (nSPS) is 10.8. The van der Waals surface area contributed by atoms with E-state index >= 15 is 0 Å². The van der Waals surface area contributed by atoms with Crippen molar-refractivity contribution >= 4 is 35.2 Å². The van der Waals surface area contributed by atoms with Crippen LogP contribution in [0, 0.1) is 0 Å². The molecule has 2 aromatic rings. The Bertz CT molecular complexity index is 729. The van der Waals surface area contributed by atoms with Crippen LogP contribution in [-0.2, 0) is 11.3 Å². The van der Waals surface area contributed by atoms with Crippen molar-refractivity contribution in [1.82, 2.24) is 4.90 Å². The van der Waals surface area contributed by atoms with E-state index in [2.05, 4.69) is 0 Å². The number of hydrogen-bond donors (Lipinski definition) is 0. The van der Waals surface area contributed by atoms with Crippen LogP contribution in [-0.4, -0.2) is 25.0 Å². The summed E-state index contributed by atoms with van der Waals surface area (Å²) in [6, 6.07) is 12.8. The van der Waals surface area contributed by atoms with Crippen molar-refractivity contribution < 1.29 is 9.53 Å². The van der Waals surface area contributed by atoms with Gasteiger partial charge in [-0.25, -0.2) is 0 Å². The Balaban J connectivity index is 2.06. The number of carbonyl (C=O) groups is 1. The van der Waals surface area contributed by atoms with Gasteiger partial charge in [0, 0.05) is 35.3 Å². The van der Waals surface area contributed by atoms with E-state index in [1.165, 1.54) is 6.08 Å². The van der Waals surface area contributed by atoms with Gasteiger partial charge in [0.1, 0.15) is 5.75 Å². The summed E-state index contributed by atoms with van der Waals surface area (Å²) in [5, 5.41) is 1.12. The first-order valence-corrected chi connectivity index (χ1v) is 7.77. The highest BCUT2D eigenvalue weighted by atomic mass is 35.5. The molecule has 0 heterocycles. The van der Waals surface area contributed by atoms with Crippen LogP contribution in [0.25, 0.3) is 6.08 Å². The lowest BCUT2D eigenvalue weighted by atomic mass is 10.2. The fraction of sp³-hybridized carbons (Fsp3) is 0.167. The van der Waals surface area contributed by atoms with Crippen LogP contribution in [0.5, 0.6) is 5.75 Å². The number of benzene rings is 2. The van der Waals surface area contributed by atoms with Gasteiger partial charge in [-0.2, -0.15) is 0 Å². The topological polar surface area (TPSA) is 29.5 Å². The van der Waals surface area contributed by atoms with Crippen molar-refractivity contribution in [1.29, 1.82) is 0 Å². The third-order valence-corrected chi connectivity index (χ3v) is 3.93. The number of ether oxygens (including phenoxy) is 1. The van der Waals surface area contributed by atoms with Crippen LogP contribution in [0.15, 0.2) is 48.5 Å². The van der Waals surface area contributed by atoms with E-state index in [0.29, 0.717) is 16.6 Å². The number of carbonyl (C=O) groups excluding carboxylic acids is 1. The predicted octanol–water partition coefficient (Wildman–Crippen LogP) is 4.67. The Morgan fingerprint density at radius 1 is 1.22 bits per heavy atom. The molecule has 0 aliphatic carbocycles. The summed E-state index contributed by atoms with van der Waals surface area (Å²) in [5.74, 6) is 0.599. The monoisotopic (exact) mass is 349 g/mol. The van der Waals surface area contributed by atoms with Gasteiger partial charge in [0.15, 0.2) is 0 Å². The average Bonchev–Trinajstić information content (AvgIpc) is 2.55. The van der Waals surface area contributed by atoms with Gasteiger partial charge in [0.25, 0.3) is 0 Å². The lowest BCUT2D eigenvalue weighted by molar-refractivity contribution is -0.125. The maximum Gasteiger partial charge on any atom is 0.246 e. The third-order valence-electron chi connectivity index (χ3n) is 3.34. The molecular formula is C18H17Cl2NO2. The molecule has 0 radical (unpaired) electrons. The van der Waals surface area contributed by atoms with Gasteiger partial charge in [-0.05, 0) is 29.8 Å². The molecule has 1 amide bonds. The number of hydrogen-bond acceptors (Lipinski definition) is 2. The minimum atomic E-state index is -0.123. The molecule has 0 saturated heterocycles. The highest BCUT2D eigenvalue weighted by molar-refractivity contribution is 6.35. The molecule has 0 fully saturated rings. The number of methoxy groups -OCH3 is 1. The van der Waals surface area contributed by atoms with Crippen molar-refractivity contribution in [3.63, 3.8) is 0 Å².